The number of H-pyrrole nitrogens is 1. The average molecular weight is 334 g/mol. The summed E-state index contributed by atoms with van der Waals surface area (Å²) >= 11 is -1.89. The average Bonchev–Trinajstić information content (AvgIpc) is 2.77. The molecule has 1 aromatic heterocycles. The van der Waals surface area contributed by atoms with Crippen LogP contribution >= 0.6 is 11.1 Å². The zero-order valence-corrected chi connectivity index (χ0v) is 12.5. The number of hydrogen-bond donors (Lipinski definition) is 1. The van der Waals surface area contributed by atoms with Gasteiger partial charge in [0, 0.05) is 0 Å². The molecule has 0 amide bonds. The van der Waals surface area contributed by atoms with Crippen LogP contribution in [-0.4, -0.2) is 12.9 Å². The molecular weight excluding hydrogens is 323 g/mol. The Balaban J connectivity index is 1.87. The summed E-state index contributed by atoms with van der Waals surface area (Å²) in [5.41, 5.74) is -1.16. The van der Waals surface area contributed by atoms with Crippen LogP contribution in [0.2, 0.25) is 0 Å². The molecule has 3 rings (SSSR count). The molecule has 23 heavy (non-hydrogen) atoms. The van der Waals surface area contributed by atoms with Crippen molar-refractivity contribution in [3.05, 3.63) is 80.6 Å². The van der Waals surface area contributed by atoms with E-state index in [1.165, 1.54) is 12.1 Å². The van der Waals surface area contributed by atoms with E-state index < -0.39 is 28.1 Å². The zero-order valence-electron chi connectivity index (χ0n) is 11.7. The summed E-state index contributed by atoms with van der Waals surface area (Å²) in [5, 5.41) is 0. The van der Waals surface area contributed by atoms with Crippen LogP contribution in [-0.2, 0) is 6.54 Å². The van der Waals surface area contributed by atoms with Crippen LogP contribution in [0.3, 0.4) is 0 Å². The van der Waals surface area contributed by atoms with E-state index in [0.29, 0.717) is 11.3 Å². The zero-order chi connectivity index (χ0) is 16.4. The molecule has 0 radical (unpaired) electrons. The Morgan fingerprint density at radius 1 is 1.17 bits per heavy atom. The smallest absolute Gasteiger partial charge is 0.362 e. The predicted octanol–water partition coefficient (Wildman–Crippen LogP) is 2.24. The van der Waals surface area contributed by atoms with Gasteiger partial charge in [-0.3, -0.25) is 9.59 Å². The van der Waals surface area contributed by atoms with E-state index in [1.54, 1.807) is 36.4 Å². The molecule has 3 aromatic rings. The SMILES string of the molecule is O=c1[nH][s+]([O-])n(Cc2cccc(Oc3ccccc3F)c2)c1=O. The highest BCUT2D eigenvalue weighted by Gasteiger charge is 2.14. The number of rotatable bonds is 4. The number of nitrogens with zero attached hydrogens (tertiary/aromatic N) is 1. The van der Waals surface area contributed by atoms with E-state index in [0.717, 1.165) is 3.96 Å². The minimum Gasteiger partial charge on any atom is -0.549 e. The molecule has 0 fully saturated rings. The third-order valence-electron chi connectivity index (χ3n) is 3.09. The van der Waals surface area contributed by atoms with Crippen LogP contribution in [0, 0.1) is 5.82 Å². The summed E-state index contributed by atoms with van der Waals surface area (Å²) in [5.74, 6) is -0.0600. The summed E-state index contributed by atoms with van der Waals surface area (Å²) in [6.45, 7) is -0.0291. The maximum atomic E-state index is 13.6. The summed E-state index contributed by atoms with van der Waals surface area (Å²) in [4.78, 5) is 22.7. The quantitative estimate of drug-likeness (QED) is 0.585. The minimum absolute atomic E-state index is 0.0291. The number of aromatic nitrogens is 2. The fourth-order valence-electron chi connectivity index (χ4n) is 2.02. The fraction of sp³-hybridized carbons (Fsp3) is 0.0667. The van der Waals surface area contributed by atoms with Gasteiger partial charge in [0.05, 0.1) is 0 Å². The minimum atomic E-state index is -1.89. The molecule has 1 N–H and O–H groups in total. The molecular formula is C15H11FN2O4S. The Morgan fingerprint density at radius 3 is 2.65 bits per heavy atom. The monoisotopic (exact) mass is 334 g/mol. The van der Waals surface area contributed by atoms with Gasteiger partial charge in [0.1, 0.15) is 23.4 Å². The molecule has 2 aromatic carbocycles. The lowest BCUT2D eigenvalue weighted by molar-refractivity contribution is 0.441. The van der Waals surface area contributed by atoms with E-state index in [2.05, 4.69) is 0 Å². The van der Waals surface area contributed by atoms with Crippen molar-refractivity contribution < 1.29 is 13.7 Å². The molecule has 0 aliphatic carbocycles. The molecule has 0 bridgehead atoms. The van der Waals surface area contributed by atoms with E-state index in [9.17, 15) is 18.5 Å². The molecule has 0 aliphatic rings. The second-order valence-electron chi connectivity index (χ2n) is 4.70. The van der Waals surface area contributed by atoms with Gasteiger partial charge in [-0.2, -0.15) is 0 Å². The first kappa shape index (κ1) is 15.2. The lowest BCUT2D eigenvalue weighted by Crippen LogP contribution is -2.27. The van der Waals surface area contributed by atoms with Gasteiger partial charge in [0.15, 0.2) is 11.6 Å². The van der Waals surface area contributed by atoms with E-state index in [-0.39, 0.29) is 12.3 Å². The number of benzene rings is 2. The lowest BCUT2D eigenvalue weighted by atomic mass is 10.2. The highest BCUT2D eigenvalue weighted by molar-refractivity contribution is 7.14. The van der Waals surface area contributed by atoms with Crippen molar-refractivity contribution >= 4 is 11.1 Å². The second kappa shape index (κ2) is 6.19. The van der Waals surface area contributed by atoms with Crippen LogP contribution in [0.25, 0.3) is 0 Å². The maximum absolute atomic E-state index is 13.6. The van der Waals surface area contributed by atoms with Crippen molar-refractivity contribution in [1.82, 2.24) is 8.33 Å². The van der Waals surface area contributed by atoms with Crippen LogP contribution in [0.15, 0.2) is 58.1 Å². The normalized spacial score (nSPS) is 11.5. The Bertz CT molecular complexity index is 960. The molecule has 6 nitrogen and oxygen atoms in total. The molecule has 1 unspecified atom stereocenters. The van der Waals surface area contributed by atoms with Crippen molar-refractivity contribution in [2.75, 3.05) is 0 Å². The number of ether oxygens (including phenoxy) is 1. The standard InChI is InChI=1S/C15H11FN2O4S/c16-12-6-1-2-7-13(12)22-11-5-3-4-10(8-11)9-18-15(20)14(19)17-23(18)21/h1-8H,9H2,(H,17,19). The molecule has 0 saturated heterocycles. The van der Waals surface area contributed by atoms with Gasteiger partial charge in [-0.1, -0.05) is 24.3 Å². The third-order valence-corrected chi connectivity index (χ3v) is 4.15. The number of aromatic amines is 1. The highest BCUT2D eigenvalue weighted by Crippen LogP contribution is 2.25. The lowest BCUT2D eigenvalue weighted by Gasteiger charge is -2.08. The Kier molecular flexibility index (Phi) is 4.09. The highest BCUT2D eigenvalue weighted by atomic mass is 32.2. The Labute approximate surface area is 132 Å². The Morgan fingerprint density at radius 2 is 1.96 bits per heavy atom. The molecule has 118 valence electrons. The topological polar surface area (TPSA) is 87.2 Å². The van der Waals surface area contributed by atoms with Crippen molar-refractivity contribution in [2.24, 2.45) is 0 Å². The van der Waals surface area contributed by atoms with Crippen molar-refractivity contribution in [2.45, 2.75) is 6.54 Å². The van der Waals surface area contributed by atoms with Crippen LogP contribution in [0.5, 0.6) is 11.5 Å². The van der Waals surface area contributed by atoms with Gasteiger partial charge in [-0.25, -0.2) is 4.39 Å². The number of hydrogen-bond acceptors (Lipinski definition) is 4. The summed E-state index contributed by atoms with van der Waals surface area (Å²) in [6, 6.07) is 12.5. The number of para-hydroxylation sites is 1. The largest absolute Gasteiger partial charge is 0.549 e. The molecule has 1 heterocycles. The van der Waals surface area contributed by atoms with Crippen LogP contribution in [0.1, 0.15) is 5.56 Å². The first-order valence-corrected chi connectivity index (χ1v) is 7.71. The molecule has 8 heteroatoms. The number of halogens is 1. The molecule has 0 saturated carbocycles. The maximum Gasteiger partial charge on any atom is 0.362 e. The second-order valence-corrected chi connectivity index (χ2v) is 5.85. The van der Waals surface area contributed by atoms with Crippen molar-refractivity contribution in [3.63, 3.8) is 0 Å². The van der Waals surface area contributed by atoms with E-state index >= 15 is 0 Å². The van der Waals surface area contributed by atoms with Gasteiger partial charge < -0.3 is 9.29 Å². The fourth-order valence-corrected chi connectivity index (χ4v) is 2.88. The first-order chi connectivity index (χ1) is 11.0. The summed E-state index contributed by atoms with van der Waals surface area (Å²) in [7, 11) is 0. The van der Waals surface area contributed by atoms with Gasteiger partial charge >= 0.3 is 11.1 Å². The number of nitrogens with one attached hydrogen (secondary N) is 1. The van der Waals surface area contributed by atoms with E-state index in [1.807, 2.05) is 4.37 Å². The third kappa shape index (κ3) is 3.22. The van der Waals surface area contributed by atoms with Crippen molar-refractivity contribution in [1.29, 1.82) is 0 Å². The van der Waals surface area contributed by atoms with Crippen molar-refractivity contribution in [3.8, 4) is 11.5 Å². The summed E-state index contributed by atoms with van der Waals surface area (Å²) in [6.07, 6.45) is 0. The van der Waals surface area contributed by atoms with Gasteiger partial charge in [0.25, 0.3) is 0 Å². The van der Waals surface area contributed by atoms with Gasteiger partial charge in [0.2, 0.25) is 0 Å². The van der Waals surface area contributed by atoms with E-state index in [4.69, 9.17) is 4.74 Å². The molecule has 0 aliphatic heterocycles. The molecule has 0 spiro atoms. The van der Waals surface area contributed by atoms with Gasteiger partial charge in [-0.05, 0) is 29.8 Å². The Hall–Kier alpha value is -2.71. The van der Waals surface area contributed by atoms with Crippen LogP contribution in [0.4, 0.5) is 4.39 Å². The predicted molar refractivity (Wildman–Crippen MR) is 82.0 cm³/mol. The first-order valence-electron chi connectivity index (χ1n) is 6.60. The van der Waals surface area contributed by atoms with Gasteiger partial charge in [-0.15, -0.1) is 8.33 Å². The summed E-state index contributed by atoms with van der Waals surface area (Å²) < 4.78 is 33.6. The molecule has 1 atom stereocenters. The van der Waals surface area contributed by atoms with Crippen LogP contribution < -0.4 is 15.9 Å².